The monoisotopic (exact) mass is 326 g/mol. The summed E-state index contributed by atoms with van der Waals surface area (Å²) in [7, 11) is 0. The second-order valence-corrected chi connectivity index (χ2v) is 6.44. The van der Waals surface area contributed by atoms with Crippen LogP contribution in [0.4, 0.5) is 0 Å². The van der Waals surface area contributed by atoms with Crippen LogP contribution in [0.1, 0.15) is 48.0 Å². The molecule has 2 N–H and O–H groups in total. The lowest BCUT2D eigenvalue weighted by Gasteiger charge is -2.11. The van der Waals surface area contributed by atoms with Gasteiger partial charge in [0.1, 0.15) is 11.9 Å². The third kappa shape index (κ3) is 2.89. The van der Waals surface area contributed by atoms with Gasteiger partial charge in [-0.3, -0.25) is 4.79 Å². The van der Waals surface area contributed by atoms with E-state index in [-0.39, 0.29) is 11.7 Å². The minimum atomic E-state index is -1.00. The van der Waals surface area contributed by atoms with Crippen molar-refractivity contribution in [1.29, 1.82) is 0 Å². The fourth-order valence-corrected chi connectivity index (χ4v) is 2.80. The molecular formula is C17H18N4O3. The summed E-state index contributed by atoms with van der Waals surface area (Å²) < 4.78 is 1.69. The predicted octanol–water partition coefficient (Wildman–Crippen LogP) is 1.74. The molecule has 1 heterocycles. The van der Waals surface area contributed by atoms with Crippen LogP contribution < -0.4 is 5.32 Å². The Kier molecular flexibility index (Phi) is 3.55. The molecule has 2 saturated carbocycles. The number of nitrogens with one attached hydrogen (secondary N) is 1. The summed E-state index contributed by atoms with van der Waals surface area (Å²) in [5.41, 5.74) is 0.850. The van der Waals surface area contributed by atoms with Gasteiger partial charge in [0.25, 0.3) is 5.91 Å². The Morgan fingerprint density at radius 2 is 1.88 bits per heavy atom. The van der Waals surface area contributed by atoms with Crippen molar-refractivity contribution in [2.75, 3.05) is 0 Å². The fraction of sp³-hybridized carbons (Fsp3) is 0.412. The molecule has 7 nitrogen and oxygen atoms in total. The Balaban J connectivity index is 1.61. The zero-order chi connectivity index (χ0) is 16.7. The molecule has 0 spiro atoms. The SMILES string of the molecule is O=C(N[C@H](C(=O)O)C1CC1)c1nc(C2CC2)n(-c2ccccc2)n1. The van der Waals surface area contributed by atoms with E-state index in [1.165, 1.54) is 0 Å². The molecule has 1 atom stereocenters. The number of carboxylic acids is 1. The number of nitrogens with zero attached hydrogens (tertiary/aromatic N) is 3. The van der Waals surface area contributed by atoms with Crippen LogP contribution in [0.5, 0.6) is 0 Å². The van der Waals surface area contributed by atoms with Crippen LogP contribution in [0.3, 0.4) is 0 Å². The van der Waals surface area contributed by atoms with E-state index < -0.39 is 17.9 Å². The maximum atomic E-state index is 12.4. The summed E-state index contributed by atoms with van der Waals surface area (Å²) in [5, 5.41) is 16.2. The maximum Gasteiger partial charge on any atom is 0.326 e. The molecule has 4 rings (SSSR count). The van der Waals surface area contributed by atoms with Crippen molar-refractivity contribution < 1.29 is 14.7 Å². The number of hydrogen-bond acceptors (Lipinski definition) is 4. The molecule has 7 heteroatoms. The van der Waals surface area contributed by atoms with Gasteiger partial charge < -0.3 is 10.4 Å². The minimum absolute atomic E-state index is 0.0190. The second-order valence-electron chi connectivity index (χ2n) is 6.44. The van der Waals surface area contributed by atoms with E-state index in [9.17, 15) is 14.7 Å². The first kappa shape index (κ1) is 14.9. The average Bonchev–Trinajstić information content (AvgIpc) is 3.51. The Hall–Kier alpha value is -2.70. The zero-order valence-corrected chi connectivity index (χ0v) is 13.1. The largest absolute Gasteiger partial charge is 0.480 e. The third-order valence-electron chi connectivity index (χ3n) is 4.42. The average molecular weight is 326 g/mol. The van der Waals surface area contributed by atoms with Gasteiger partial charge in [-0.05, 0) is 43.7 Å². The number of rotatable bonds is 6. The minimum Gasteiger partial charge on any atom is -0.480 e. The van der Waals surface area contributed by atoms with Gasteiger partial charge in [-0.1, -0.05) is 18.2 Å². The number of aliphatic carboxylic acids is 1. The van der Waals surface area contributed by atoms with Crippen molar-refractivity contribution in [3.63, 3.8) is 0 Å². The number of aromatic nitrogens is 3. The maximum absolute atomic E-state index is 12.4. The molecule has 0 saturated heterocycles. The van der Waals surface area contributed by atoms with Gasteiger partial charge in [0, 0.05) is 5.92 Å². The summed E-state index contributed by atoms with van der Waals surface area (Å²) >= 11 is 0. The van der Waals surface area contributed by atoms with Crippen LogP contribution in [0, 0.1) is 5.92 Å². The van der Waals surface area contributed by atoms with Crippen molar-refractivity contribution in [2.24, 2.45) is 5.92 Å². The summed E-state index contributed by atoms with van der Waals surface area (Å²) in [5.74, 6) is -0.387. The Morgan fingerprint density at radius 1 is 1.17 bits per heavy atom. The number of amides is 1. The van der Waals surface area contributed by atoms with Gasteiger partial charge >= 0.3 is 5.97 Å². The predicted molar refractivity (Wildman–Crippen MR) is 84.9 cm³/mol. The highest BCUT2D eigenvalue weighted by Crippen LogP contribution is 2.39. The van der Waals surface area contributed by atoms with E-state index >= 15 is 0 Å². The van der Waals surface area contributed by atoms with Gasteiger partial charge in [0.05, 0.1) is 5.69 Å². The van der Waals surface area contributed by atoms with Crippen molar-refractivity contribution >= 4 is 11.9 Å². The topological polar surface area (TPSA) is 97.1 Å². The highest BCUT2D eigenvalue weighted by atomic mass is 16.4. The molecule has 2 aromatic rings. The second kappa shape index (κ2) is 5.74. The van der Waals surface area contributed by atoms with E-state index in [0.29, 0.717) is 5.92 Å². The molecule has 1 amide bonds. The normalized spacial score (nSPS) is 18.2. The molecule has 0 aliphatic heterocycles. The van der Waals surface area contributed by atoms with Crippen LogP contribution in [-0.4, -0.2) is 37.8 Å². The molecular weight excluding hydrogens is 308 g/mol. The van der Waals surface area contributed by atoms with Gasteiger partial charge in [-0.2, -0.15) is 0 Å². The Bertz CT molecular complexity index is 778. The van der Waals surface area contributed by atoms with Crippen LogP contribution >= 0.6 is 0 Å². The number of carbonyl (C=O) groups is 2. The number of carboxylic acid groups (broad SMARTS) is 1. The Labute approximate surface area is 138 Å². The lowest BCUT2D eigenvalue weighted by molar-refractivity contribution is -0.139. The van der Waals surface area contributed by atoms with E-state index in [0.717, 1.165) is 37.2 Å². The third-order valence-corrected chi connectivity index (χ3v) is 4.42. The molecule has 24 heavy (non-hydrogen) atoms. The summed E-state index contributed by atoms with van der Waals surface area (Å²) in [6.45, 7) is 0. The highest BCUT2D eigenvalue weighted by molar-refractivity contribution is 5.93. The molecule has 0 radical (unpaired) electrons. The standard InChI is InChI=1S/C17H18N4O3/c22-16(18-13(17(23)24)10-6-7-10)14-19-15(11-8-9-11)21(20-14)12-4-2-1-3-5-12/h1-5,10-11,13H,6-9H2,(H,18,22)(H,23,24)/t13-/m0/s1. The van der Waals surface area contributed by atoms with Crippen molar-refractivity contribution in [3.8, 4) is 5.69 Å². The number of benzene rings is 1. The summed E-state index contributed by atoms with van der Waals surface area (Å²) in [6.07, 6.45) is 3.73. The molecule has 2 aliphatic carbocycles. The van der Waals surface area contributed by atoms with Gasteiger partial charge in [-0.15, -0.1) is 5.10 Å². The number of carbonyl (C=O) groups excluding carboxylic acids is 1. The fourth-order valence-electron chi connectivity index (χ4n) is 2.80. The van der Waals surface area contributed by atoms with E-state index in [1.807, 2.05) is 30.3 Å². The van der Waals surface area contributed by atoms with Crippen molar-refractivity contribution in [1.82, 2.24) is 20.1 Å². The van der Waals surface area contributed by atoms with Crippen LogP contribution in [0.25, 0.3) is 5.69 Å². The number of para-hydroxylation sites is 1. The number of hydrogen-bond donors (Lipinski definition) is 2. The highest BCUT2D eigenvalue weighted by Gasteiger charge is 2.38. The van der Waals surface area contributed by atoms with Gasteiger partial charge in [0.15, 0.2) is 0 Å². The molecule has 2 aliphatic rings. The van der Waals surface area contributed by atoms with Gasteiger partial charge in [0.2, 0.25) is 5.82 Å². The first-order valence-corrected chi connectivity index (χ1v) is 8.19. The van der Waals surface area contributed by atoms with Crippen molar-refractivity contribution in [2.45, 2.75) is 37.6 Å². The van der Waals surface area contributed by atoms with Crippen LogP contribution in [0.15, 0.2) is 30.3 Å². The lowest BCUT2D eigenvalue weighted by Crippen LogP contribution is -2.42. The molecule has 2 fully saturated rings. The van der Waals surface area contributed by atoms with Crippen LogP contribution in [0.2, 0.25) is 0 Å². The summed E-state index contributed by atoms with van der Waals surface area (Å²) in [4.78, 5) is 28.1. The van der Waals surface area contributed by atoms with E-state index in [2.05, 4.69) is 15.4 Å². The molecule has 0 bridgehead atoms. The lowest BCUT2D eigenvalue weighted by atomic mass is 10.2. The smallest absolute Gasteiger partial charge is 0.326 e. The molecule has 124 valence electrons. The molecule has 0 unspecified atom stereocenters. The Morgan fingerprint density at radius 3 is 2.46 bits per heavy atom. The van der Waals surface area contributed by atoms with Crippen LogP contribution in [-0.2, 0) is 4.79 Å². The molecule has 1 aromatic carbocycles. The van der Waals surface area contributed by atoms with Crippen molar-refractivity contribution in [3.05, 3.63) is 42.0 Å². The van der Waals surface area contributed by atoms with E-state index in [4.69, 9.17) is 0 Å². The first-order valence-electron chi connectivity index (χ1n) is 8.19. The quantitative estimate of drug-likeness (QED) is 0.843. The zero-order valence-electron chi connectivity index (χ0n) is 13.1. The van der Waals surface area contributed by atoms with E-state index in [1.54, 1.807) is 4.68 Å². The summed E-state index contributed by atoms with van der Waals surface area (Å²) in [6, 6.07) is 8.68. The van der Waals surface area contributed by atoms with Gasteiger partial charge in [-0.25, -0.2) is 14.5 Å². The molecule has 1 aromatic heterocycles. The first-order chi connectivity index (χ1) is 11.6.